The Morgan fingerprint density at radius 1 is 1.16 bits per heavy atom. The van der Waals surface area contributed by atoms with Crippen LogP contribution in [0.25, 0.3) is 0 Å². The minimum Gasteiger partial charge on any atom is -0.493 e. The van der Waals surface area contributed by atoms with E-state index >= 15 is 0 Å². The summed E-state index contributed by atoms with van der Waals surface area (Å²) in [6.07, 6.45) is -1.02. The zero-order chi connectivity index (χ0) is 14.4. The molecule has 1 rings (SSSR count). The van der Waals surface area contributed by atoms with Crippen molar-refractivity contribution in [1.29, 1.82) is 5.26 Å². The van der Waals surface area contributed by atoms with Crippen molar-refractivity contribution in [3.8, 4) is 23.3 Å². The Hall–Kier alpha value is -2.42. The molecule has 0 aliphatic heterocycles. The van der Waals surface area contributed by atoms with E-state index in [0.29, 0.717) is 22.8 Å². The topological polar surface area (TPSA) is 77.8 Å². The van der Waals surface area contributed by atoms with Crippen molar-refractivity contribution in [3.63, 3.8) is 0 Å². The molecule has 0 unspecified atom stereocenters. The van der Waals surface area contributed by atoms with Crippen molar-refractivity contribution in [1.82, 2.24) is 0 Å². The number of nitrogens with zero attached hydrogens (tertiary/aromatic N) is 1. The second kappa shape index (κ2) is 6.50. The maximum absolute atomic E-state index is 11.0. The number of rotatable bonds is 5. The van der Waals surface area contributed by atoms with Crippen molar-refractivity contribution < 1.29 is 23.7 Å². The monoisotopic (exact) mass is 265 g/mol. The molecule has 0 aliphatic rings. The predicted octanol–water partition coefficient (Wildman–Crippen LogP) is 1.84. The summed E-state index contributed by atoms with van der Waals surface area (Å²) in [4.78, 5) is 11.0. The minimum absolute atomic E-state index is 0.393. The first-order chi connectivity index (χ1) is 9.07. The fourth-order valence-corrected chi connectivity index (χ4v) is 1.59. The zero-order valence-electron chi connectivity index (χ0n) is 11.2. The standard InChI is InChI=1S/C13H15NO5/c1-8(15)19-12(7-14)9-5-10(16-2)13(18-4)11(6-9)17-3/h5-6,12H,1-4H3/t12-/m0/s1. The quantitative estimate of drug-likeness (QED) is 0.756. The summed E-state index contributed by atoms with van der Waals surface area (Å²) in [7, 11) is 4.41. The molecule has 0 aliphatic carbocycles. The molecule has 19 heavy (non-hydrogen) atoms. The van der Waals surface area contributed by atoms with Crippen molar-refractivity contribution >= 4 is 5.97 Å². The van der Waals surface area contributed by atoms with Crippen LogP contribution in [0.2, 0.25) is 0 Å². The summed E-state index contributed by atoms with van der Waals surface area (Å²) in [5.41, 5.74) is 0.451. The molecular formula is C13H15NO5. The molecular weight excluding hydrogens is 250 g/mol. The average Bonchev–Trinajstić information content (AvgIpc) is 2.42. The van der Waals surface area contributed by atoms with E-state index in [9.17, 15) is 4.79 Å². The van der Waals surface area contributed by atoms with E-state index in [0.717, 1.165) is 0 Å². The van der Waals surface area contributed by atoms with Crippen LogP contribution in [0.15, 0.2) is 12.1 Å². The van der Waals surface area contributed by atoms with E-state index in [1.807, 2.05) is 6.07 Å². The van der Waals surface area contributed by atoms with E-state index in [1.165, 1.54) is 28.3 Å². The SMILES string of the molecule is COc1cc([C@H](C#N)OC(C)=O)cc(OC)c1OC. The van der Waals surface area contributed by atoms with Crippen molar-refractivity contribution in [2.75, 3.05) is 21.3 Å². The molecule has 0 heterocycles. The first-order valence-electron chi connectivity index (χ1n) is 5.44. The molecule has 1 aromatic rings. The van der Waals surface area contributed by atoms with E-state index < -0.39 is 12.1 Å². The molecule has 102 valence electrons. The molecule has 0 saturated heterocycles. The Labute approximate surface area is 111 Å². The zero-order valence-corrected chi connectivity index (χ0v) is 11.2. The Kier molecular flexibility index (Phi) is 5.01. The lowest BCUT2D eigenvalue weighted by atomic mass is 10.1. The second-order valence-electron chi connectivity index (χ2n) is 3.58. The largest absolute Gasteiger partial charge is 0.493 e. The van der Waals surface area contributed by atoms with E-state index in [-0.39, 0.29) is 0 Å². The van der Waals surface area contributed by atoms with Crippen LogP contribution in [-0.4, -0.2) is 27.3 Å². The lowest BCUT2D eigenvalue weighted by Crippen LogP contribution is -2.07. The molecule has 0 bridgehead atoms. The van der Waals surface area contributed by atoms with E-state index in [1.54, 1.807) is 12.1 Å². The van der Waals surface area contributed by atoms with E-state index in [4.69, 9.17) is 24.2 Å². The van der Waals surface area contributed by atoms with Crippen molar-refractivity contribution in [3.05, 3.63) is 17.7 Å². The normalized spacial score (nSPS) is 11.1. The molecule has 0 saturated carbocycles. The summed E-state index contributed by atoms with van der Waals surface area (Å²) < 4.78 is 20.4. The summed E-state index contributed by atoms with van der Waals surface area (Å²) in [5.74, 6) is 0.655. The van der Waals surface area contributed by atoms with Gasteiger partial charge in [-0.15, -0.1) is 0 Å². The van der Waals surface area contributed by atoms with Crippen LogP contribution in [0.5, 0.6) is 17.2 Å². The number of hydrogen-bond donors (Lipinski definition) is 0. The van der Waals surface area contributed by atoms with Gasteiger partial charge in [-0.3, -0.25) is 4.79 Å². The number of carbonyl (C=O) groups is 1. The fraction of sp³-hybridized carbons (Fsp3) is 0.385. The van der Waals surface area contributed by atoms with Crippen LogP contribution >= 0.6 is 0 Å². The van der Waals surface area contributed by atoms with Gasteiger partial charge in [-0.2, -0.15) is 5.26 Å². The summed E-state index contributed by atoms with van der Waals surface area (Å²) in [6, 6.07) is 5.03. The molecule has 0 N–H and O–H groups in total. The van der Waals surface area contributed by atoms with Crippen LogP contribution in [0.4, 0.5) is 0 Å². The maximum Gasteiger partial charge on any atom is 0.304 e. The van der Waals surface area contributed by atoms with Gasteiger partial charge in [0.05, 0.1) is 21.3 Å². The lowest BCUT2D eigenvalue weighted by Gasteiger charge is -2.16. The number of carbonyl (C=O) groups excluding carboxylic acids is 1. The lowest BCUT2D eigenvalue weighted by molar-refractivity contribution is -0.144. The van der Waals surface area contributed by atoms with E-state index in [2.05, 4.69) is 0 Å². The highest BCUT2D eigenvalue weighted by Crippen LogP contribution is 2.40. The van der Waals surface area contributed by atoms with Crippen LogP contribution in [-0.2, 0) is 9.53 Å². The smallest absolute Gasteiger partial charge is 0.304 e. The molecule has 0 aromatic heterocycles. The van der Waals surface area contributed by atoms with Gasteiger partial charge in [-0.1, -0.05) is 0 Å². The number of nitriles is 1. The third-order valence-corrected chi connectivity index (χ3v) is 2.39. The Morgan fingerprint density at radius 3 is 2.00 bits per heavy atom. The van der Waals surface area contributed by atoms with Crippen LogP contribution in [0.3, 0.4) is 0 Å². The van der Waals surface area contributed by atoms with Gasteiger partial charge in [0.25, 0.3) is 0 Å². The molecule has 0 amide bonds. The highest BCUT2D eigenvalue weighted by atomic mass is 16.5. The molecule has 0 spiro atoms. The highest BCUT2D eigenvalue weighted by Gasteiger charge is 2.20. The fourth-order valence-electron chi connectivity index (χ4n) is 1.59. The van der Waals surface area contributed by atoms with Gasteiger partial charge >= 0.3 is 5.97 Å². The molecule has 0 fully saturated rings. The summed E-state index contributed by atoms with van der Waals surface area (Å²) in [5, 5.41) is 9.04. The molecule has 1 atom stereocenters. The molecule has 1 aromatic carbocycles. The van der Waals surface area contributed by atoms with Crippen molar-refractivity contribution in [2.24, 2.45) is 0 Å². The first-order valence-corrected chi connectivity index (χ1v) is 5.44. The van der Waals surface area contributed by atoms with Gasteiger partial charge < -0.3 is 18.9 Å². The Morgan fingerprint density at radius 2 is 1.68 bits per heavy atom. The Bertz CT molecular complexity index is 481. The molecule has 6 heteroatoms. The highest BCUT2D eigenvalue weighted by molar-refractivity contribution is 5.67. The van der Waals surface area contributed by atoms with Crippen LogP contribution in [0.1, 0.15) is 18.6 Å². The molecule has 0 radical (unpaired) electrons. The molecule has 6 nitrogen and oxygen atoms in total. The second-order valence-corrected chi connectivity index (χ2v) is 3.58. The summed E-state index contributed by atoms with van der Waals surface area (Å²) in [6.45, 7) is 1.24. The van der Waals surface area contributed by atoms with Gasteiger partial charge in [-0.05, 0) is 12.1 Å². The van der Waals surface area contributed by atoms with Gasteiger partial charge in [0.15, 0.2) is 11.5 Å². The number of esters is 1. The first kappa shape index (κ1) is 14.6. The van der Waals surface area contributed by atoms with Gasteiger partial charge in [-0.25, -0.2) is 0 Å². The average molecular weight is 265 g/mol. The van der Waals surface area contributed by atoms with Crippen LogP contribution < -0.4 is 14.2 Å². The van der Waals surface area contributed by atoms with Crippen molar-refractivity contribution in [2.45, 2.75) is 13.0 Å². The van der Waals surface area contributed by atoms with Gasteiger partial charge in [0, 0.05) is 12.5 Å². The third-order valence-electron chi connectivity index (χ3n) is 2.39. The number of benzene rings is 1. The van der Waals surface area contributed by atoms with Crippen LogP contribution in [0, 0.1) is 11.3 Å². The summed E-state index contributed by atoms with van der Waals surface area (Å²) >= 11 is 0. The Balaban J connectivity index is 3.29. The third kappa shape index (κ3) is 3.28. The predicted molar refractivity (Wildman–Crippen MR) is 66.2 cm³/mol. The van der Waals surface area contributed by atoms with Gasteiger partial charge in [0.2, 0.25) is 11.9 Å². The van der Waals surface area contributed by atoms with Gasteiger partial charge in [0.1, 0.15) is 6.07 Å². The number of ether oxygens (including phenoxy) is 4. The maximum atomic E-state index is 11.0. The minimum atomic E-state index is -1.02. The number of hydrogen-bond acceptors (Lipinski definition) is 6. The number of methoxy groups -OCH3 is 3.